The zero-order chi connectivity index (χ0) is 22.9. The molecule has 172 valence electrons. The maximum absolute atomic E-state index is 5.45. The predicted molar refractivity (Wildman–Crippen MR) is 127 cm³/mol. The Morgan fingerprint density at radius 3 is 2.48 bits per heavy atom. The van der Waals surface area contributed by atoms with Crippen LogP contribution in [-0.2, 0) is 11.3 Å². The summed E-state index contributed by atoms with van der Waals surface area (Å²) < 4.78 is 16.1. The quantitative estimate of drug-likeness (QED) is 0.377. The zero-order valence-electron chi connectivity index (χ0n) is 18.7. The van der Waals surface area contributed by atoms with E-state index in [9.17, 15) is 0 Å². The Labute approximate surface area is 192 Å². The Balaban J connectivity index is 1.51. The highest BCUT2D eigenvalue weighted by atomic mass is 16.5. The summed E-state index contributed by atoms with van der Waals surface area (Å²) in [5.74, 6) is 2.68. The lowest BCUT2D eigenvalue weighted by Gasteiger charge is -2.27. The van der Waals surface area contributed by atoms with E-state index >= 15 is 0 Å². The van der Waals surface area contributed by atoms with Gasteiger partial charge in [-0.15, -0.1) is 0 Å². The standard InChI is InChI=1S/C23H27N7O3/c1-31-19-9-8-18(14-20(19)32-2)16-25-29-22-26-21(24-15-17-6-4-3-5-7-17)27-23(28-22)30-10-12-33-13-11-30/h3-9,14,16H,10-13,15H2,1-2H3,(H2,24,26,27,28,29)/b25-16+. The molecular weight excluding hydrogens is 422 g/mol. The molecular formula is C23H27N7O3. The van der Waals surface area contributed by atoms with Crippen LogP contribution in [0.3, 0.4) is 0 Å². The fourth-order valence-electron chi connectivity index (χ4n) is 3.27. The number of benzene rings is 2. The first kappa shape index (κ1) is 22.3. The van der Waals surface area contributed by atoms with Gasteiger partial charge in [0.25, 0.3) is 0 Å². The van der Waals surface area contributed by atoms with E-state index in [2.05, 4.69) is 35.7 Å². The molecule has 3 aromatic rings. The summed E-state index contributed by atoms with van der Waals surface area (Å²) in [7, 11) is 3.20. The van der Waals surface area contributed by atoms with Crippen LogP contribution in [-0.4, -0.2) is 61.7 Å². The Kier molecular flexibility index (Phi) is 7.49. The van der Waals surface area contributed by atoms with Gasteiger partial charge in [-0.25, -0.2) is 5.43 Å². The minimum absolute atomic E-state index is 0.346. The number of nitrogens with zero attached hydrogens (tertiary/aromatic N) is 5. The first-order chi connectivity index (χ1) is 16.2. The third-order valence-corrected chi connectivity index (χ3v) is 5.00. The van der Waals surface area contributed by atoms with Crippen molar-refractivity contribution in [1.82, 2.24) is 15.0 Å². The summed E-state index contributed by atoms with van der Waals surface area (Å²) >= 11 is 0. The van der Waals surface area contributed by atoms with Gasteiger partial charge in [0.05, 0.1) is 33.6 Å². The van der Waals surface area contributed by atoms with Crippen LogP contribution in [0.5, 0.6) is 11.5 Å². The van der Waals surface area contributed by atoms with Crippen molar-refractivity contribution in [1.29, 1.82) is 0 Å². The van der Waals surface area contributed by atoms with Gasteiger partial charge < -0.3 is 24.4 Å². The van der Waals surface area contributed by atoms with Crippen molar-refractivity contribution in [2.45, 2.75) is 6.54 Å². The molecule has 33 heavy (non-hydrogen) atoms. The van der Waals surface area contributed by atoms with Crippen LogP contribution in [0.15, 0.2) is 53.6 Å². The zero-order valence-corrected chi connectivity index (χ0v) is 18.7. The van der Waals surface area contributed by atoms with Crippen LogP contribution in [0.25, 0.3) is 0 Å². The van der Waals surface area contributed by atoms with Crippen LogP contribution in [0, 0.1) is 0 Å². The fraction of sp³-hybridized carbons (Fsp3) is 0.304. The number of aromatic nitrogens is 3. The molecule has 2 heterocycles. The van der Waals surface area contributed by atoms with Crippen molar-refractivity contribution >= 4 is 24.1 Å². The SMILES string of the molecule is COc1ccc(/C=N/Nc2nc(NCc3ccccc3)nc(N3CCOCC3)n2)cc1OC. The molecule has 1 aliphatic heterocycles. The Hall–Kier alpha value is -3.92. The van der Waals surface area contributed by atoms with Crippen molar-refractivity contribution in [3.05, 3.63) is 59.7 Å². The molecule has 10 nitrogen and oxygen atoms in total. The number of anilines is 3. The second-order valence-corrected chi connectivity index (χ2v) is 7.21. The van der Waals surface area contributed by atoms with Crippen molar-refractivity contribution in [2.24, 2.45) is 5.10 Å². The molecule has 0 aliphatic carbocycles. The lowest BCUT2D eigenvalue weighted by Crippen LogP contribution is -2.37. The molecule has 2 aromatic carbocycles. The van der Waals surface area contributed by atoms with E-state index in [0.29, 0.717) is 49.1 Å². The molecule has 0 bridgehead atoms. The summed E-state index contributed by atoms with van der Waals surface area (Å²) in [6.07, 6.45) is 1.66. The van der Waals surface area contributed by atoms with Crippen LogP contribution >= 0.6 is 0 Å². The van der Waals surface area contributed by atoms with Gasteiger partial charge in [0.15, 0.2) is 11.5 Å². The van der Waals surface area contributed by atoms with E-state index in [0.717, 1.165) is 24.2 Å². The van der Waals surface area contributed by atoms with Gasteiger partial charge in [0, 0.05) is 19.6 Å². The molecule has 0 radical (unpaired) electrons. The monoisotopic (exact) mass is 449 g/mol. The number of hydrazone groups is 1. The number of nitrogens with one attached hydrogen (secondary N) is 2. The normalized spacial score (nSPS) is 13.7. The summed E-state index contributed by atoms with van der Waals surface area (Å²) in [5.41, 5.74) is 4.88. The molecule has 0 unspecified atom stereocenters. The lowest BCUT2D eigenvalue weighted by atomic mass is 10.2. The smallest absolute Gasteiger partial charge is 0.250 e. The highest BCUT2D eigenvalue weighted by molar-refractivity contribution is 5.81. The summed E-state index contributed by atoms with van der Waals surface area (Å²) in [6.45, 7) is 3.31. The van der Waals surface area contributed by atoms with Gasteiger partial charge in [0.1, 0.15) is 0 Å². The summed E-state index contributed by atoms with van der Waals surface area (Å²) in [6, 6.07) is 15.6. The van der Waals surface area contributed by atoms with Crippen LogP contribution in [0.1, 0.15) is 11.1 Å². The van der Waals surface area contributed by atoms with Gasteiger partial charge >= 0.3 is 0 Å². The van der Waals surface area contributed by atoms with Crippen molar-refractivity contribution in [3.63, 3.8) is 0 Å². The van der Waals surface area contributed by atoms with Gasteiger partial charge in [-0.05, 0) is 29.3 Å². The molecule has 1 fully saturated rings. The van der Waals surface area contributed by atoms with Gasteiger partial charge in [-0.2, -0.15) is 20.1 Å². The molecule has 0 saturated carbocycles. The highest BCUT2D eigenvalue weighted by Crippen LogP contribution is 2.26. The number of ether oxygens (including phenoxy) is 3. The van der Waals surface area contributed by atoms with Crippen LogP contribution in [0.4, 0.5) is 17.8 Å². The third kappa shape index (κ3) is 6.07. The molecule has 0 amide bonds. The van der Waals surface area contributed by atoms with E-state index in [-0.39, 0.29) is 0 Å². The Morgan fingerprint density at radius 1 is 0.970 bits per heavy atom. The highest BCUT2D eigenvalue weighted by Gasteiger charge is 2.16. The topological polar surface area (TPSA) is 106 Å². The molecule has 0 spiro atoms. The number of hydrogen-bond donors (Lipinski definition) is 2. The van der Waals surface area contributed by atoms with Crippen LogP contribution < -0.4 is 25.1 Å². The van der Waals surface area contributed by atoms with Crippen molar-refractivity contribution < 1.29 is 14.2 Å². The number of morpholine rings is 1. The predicted octanol–water partition coefficient (Wildman–Crippen LogP) is 2.78. The average Bonchev–Trinajstić information content (AvgIpc) is 2.88. The second-order valence-electron chi connectivity index (χ2n) is 7.21. The van der Waals surface area contributed by atoms with Gasteiger partial charge in [-0.1, -0.05) is 30.3 Å². The third-order valence-electron chi connectivity index (χ3n) is 5.00. The fourth-order valence-corrected chi connectivity index (χ4v) is 3.27. The van der Waals surface area contributed by atoms with Gasteiger partial charge in [-0.3, -0.25) is 0 Å². The largest absolute Gasteiger partial charge is 0.493 e. The minimum Gasteiger partial charge on any atom is -0.493 e. The number of rotatable bonds is 9. The molecule has 1 saturated heterocycles. The van der Waals surface area contributed by atoms with E-state index in [1.165, 1.54) is 0 Å². The average molecular weight is 450 g/mol. The summed E-state index contributed by atoms with van der Waals surface area (Å²) in [4.78, 5) is 15.7. The molecule has 4 rings (SSSR count). The molecule has 10 heteroatoms. The maximum Gasteiger partial charge on any atom is 0.250 e. The second kappa shape index (κ2) is 11.1. The van der Waals surface area contributed by atoms with E-state index in [1.54, 1.807) is 20.4 Å². The van der Waals surface area contributed by atoms with Crippen molar-refractivity contribution in [2.75, 3.05) is 56.2 Å². The lowest BCUT2D eigenvalue weighted by molar-refractivity contribution is 0.122. The molecule has 2 N–H and O–H groups in total. The summed E-state index contributed by atoms with van der Waals surface area (Å²) in [5, 5.41) is 7.57. The Morgan fingerprint density at radius 2 is 1.73 bits per heavy atom. The molecule has 0 atom stereocenters. The van der Waals surface area contributed by atoms with E-state index < -0.39 is 0 Å². The van der Waals surface area contributed by atoms with Crippen molar-refractivity contribution in [3.8, 4) is 11.5 Å². The number of hydrogen-bond acceptors (Lipinski definition) is 10. The van der Waals surface area contributed by atoms with Crippen LogP contribution in [0.2, 0.25) is 0 Å². The maximum atomic E-state index is 5.45. The first-order valence-electron chi connectivity index (χ1n) is 10.6. The van der Waals surface area contributed by atoms with E-state index in [4.69, 9.17) is 14.2 Å². The number of methoxy groups -OCH3 is 2. The van der Waals surface area contributed by atoms with E-state index in [1.807, 2.05) is 48.5 Å². The Bertz CT molecular complexity index is 1070. The molecule has 1 aromatic heterocycles. The van der Waals surface area contributed by atoms with Gasteiger partial charge in [0.2, 0.25) is 17.8 Å². The molecule has 1 aliphatic rings. The minimum atomic E-state index is 0.346. The first-order valence-corrected chi connectivity index (χ1v) is 10.6.